The van der Waals surface area contributed by atoms with Gasteiger partial charge in [0.15, 0.2) is 5.60 Å². The first-order chi connectivity index (χ1) is 24.9. The van der Waals surface area contributed by atoms with Gasteiger partial charge >= 0.3 is 6.18 Å². The molecule has 0 saturated heterocycles. The van der Waals surface area contributed by atoms with E-state index in [0.29, 0.717) is 33.5 Å². The number of unbranched alkanes of at least 4 members (excludes halogenated alkanes) is 1. The summed E-state index contributed by atoms with van der Waals surface area (Å²) < 4.78 is 62.0. The van der Waals surface area contributed by atoms with E-state index in [1.54, 1.807) is 25.3 Å². The van der Waals surface area contributed by atoms with Gasteiger partial charge in [0, 0.05) is 37.4 Å². The zero-order chi connectivity index (χ0) is 36.6. The largest absolute Gasteiger partial charge is 0.507 e. The maximum Gasteiger partial charge on any atom is 0.416 e. The minimum absolute atomic E-state index is 0.0995. The van der Waals surface area contributed by atoms with E-state index in [4.69, 9.17) is 14.2 Å². The summed E-state index contributed by atoms with van der Waals surface area (Å²) in [4.78, 5) is 0. The van der Waals surface area contributed by atoms with Crippen molar-refractivity contribution in [3.05, 3.63) is 135 Å². The fourth-order valence-electron chi connectivity index (χ4n) is 8.00. The maximum atomic E-state index is 14.1. The van der Waals surface area contributed by atoms with Crippen molar-refractivity contribution in [2.45, 2.75) is 50.8 Å². The molecule has 8 heteroatoms. The van der Waals surface area contributed by atoms with Gasteiger partial charge in [-0.05, 0) is 110 Å². The van der Waals surface area contributed by atoms with Crippen molar-refractivity contribution >= 4 is 43.6 Å². The number of ether oxygens (including phenoxy) is 3. The molecule has 2 aliphatic rings. The number of benzene rings is 6. The summed E-state index contributed by atoms with van der Waals surface area (Å²) >= 11 is 3.73. The molecule has 0 fully saturated rings. The summed E-state index contributed by atoms with van der Waals surface area (Å²) in [7, 11) is 1.62. The van der Waals surface area contributed by atoms with Crippen LogP contribution in [0.3, 0.4) is 0 Å². The lowest BCUT2D eigenvalue weighted by Gasteiger charge is -2.38. The van der Waals surface area contributed by atoms with Gasteiger partial charge < -0.3 is 19.3 Å². The van der Waals surface area contributed by atoms with Crippen LogP contribution in [-0.4, -0.2) is 18.8 Å². The van der Waals surface area contributed by atoms with Crippen molar-refractivity contribution in [1.82, 2.24) is 0 Å². The first kappa shape index (κ1) is 34.2. The number of hydrogen-bond acceptors (Lipinski definition) is 4. The van der Waals surface area contributed by atoms with Crippen LogP contribution in [0.5, 0.6) is 23.0 Å². The van der Waals surface area contributed by atoms with Gasteiger partial charge in [0.2, 0.25) is 0 Å². The van der Waals surface area contributed by atoms with E-state index < -0.39 is 22.8 Å². The molecule has 1 heterocycles. The van der Waals surface area contributed by atoms with Crippen molar-refractivity contribution in [2.75, 3.05) is 13.7 Å². The first-order valence-electron chi connectivity index (χ1n) is 17.3. The zero-order valence-corrected chi connectivity index (χ0v) is 30.7. The van der Waals surface area contributed by atoms with Crippen LogP contribution >= 0.6 is 15.9 Å². The van der Waals surface area contributed by atoms with Gasteiger partial charge in [0.05, 0.1) is 19.3 Å². The van der Waals surface area contributed by atoms with Crippen LogP contribution in [0, 0.1) is 0 Å². The van der Waals surface area contributed by atoms with Gasteiger partial charge in [-0.3, -0.25) is 0 Å². The highest BCUT2D eigenvalue weighted by Gasteiger charge is 2.46. The molecule has 1 N–H and O–H groups in total. The van der Waals surface area contributed by atoms with Gasteiger partial charge in [-0.15, -0.1) is 0 Å². The number of phenolic OH excluding ortho intramolecular Hbond substituents is 1. The third kappa shape index (κ3) is 5.17. The third-order valence-electron chi connectivity index (χ3n) is 10.6. The van der Waals surface area contributed by atoms with Crippen LogP contribution in [0.4, 0.5) is 13.2 Å². The van der Waals surface area contributed by atoms with Crippen molar-refractivity contribution < 1.29 is 32.5 Å². The second-order valence-corrected chi connectivity index (χ2v) is 14.8. The summed E-state index contributed by atoms with van der Waals surface area (Å²) in [6.45, 7) is 6.70. The molecule has 1 atom stereocenters. The van der Waals surface area contributed by atoms with E-state index in [1.807, 2.05) is 80.6 Å². The molecular weight excluding hydrogens is 729 g/mol. The fraction of sp³-hybridized carbons (Fsp3) is 0.227. The minimum atomic E-state index is -4.49. The molecule has 52 heavy (non-hydrogen) atoms. The summed E-state index contributed by atoms with van der Waals surface area (Å²) in [5, 5.41) is 14.1. The van der Waals surface area contributed by atoms with Crippen LogP contribution in [0.2, 0.25) is 0 Å². The third-order valence-corrected chi connectivity index (χ3v) is 11.2. The summed E-state index contributed by atoms with van der Waals surface area (Å²) in [6.07, 6.45) is 1.59. The zero-order valence-electron chi connectivity index (χ0n) is 29.1. The smallest absolute Gasteiger partial charge is 0.416 e. The van der Waals surface area contributed by atoms with Gasteiger partial charge in [0.1, 0.15) is 23.0 Å². The minimum Gasteiger partial charge on any atom is -0.507 e. The van der Waals surface area contributed by atoms with E-state index in [9.17, 15) is 18.3 Å². The average Bonchev–Trinajstić information content (AvgIpc) is 3.37. The molecule has 0 amide bonds. The van der Waals surface area contributed by atoms with E-state index in [2.05, 4.69) is 28.9 Å². The normalized spacial score (nSPS) is 17.1. The number of fused-ring (bicyclic) bond motifs is 10. The molecule has 4 nitrogen and oxygen atoms in total. The van der Waals surface area contributed by atoms with Crippen LogP contribution in [0.25, 0.3) is 38.7 Å². The summed E-state index contributed by atoms with van der Waals surface area (Å²) in [6, 6.07) is 27.1. The van der Waals surface area contributed by atoms with Crippen LogP contribution in [0.1, 0.15) is 67.0 Å². The lowest BCUT2D eigenvalue weighted by molar-refractivity contribution is -0.137. The van der Waals surface area contributed by atoms with Crippen molar-refractivity contribution in [3.63, 3.8) is 0 Å². The molecule has 1 aliphatic heterocycles. The van der Waals surface area contributed by atoms with Crippen LogP contribution in [-0.2, 0) is 17.2 Å². The maximum absolute atomic E-state index is 14.1. The van der Waals surface area contributed by atoms with Crippen LogP contribution < -0.4 is 14.2 Å². The van der Waals surface area contributed by atoms with Gasteiger partial charge in [-0.1, -0.05) is 75.7 Å². The number of rotatable bonds is 7. The number of alkyl halides is 3. The molecular formula is C44H36BrF3O4. The van der Waals surface area contributed by atoms with Gasteiger partial charge in [-0.2, -0.15) is 13.2 Å². The lowest BCUT2D eigenvalue weighted by Crippen LogP contribution is -2.35. The molecule has 1 aliphatic carbocycles. The SMILES string of the molecule is CCCCOc1ccc(C2(c3ccc(OC)cc3)C=Cc3c4c(c5cc(Br)c6c(O)cccc6c5c3O2)-c2ccc(C(F)(F)F)cc2C4(C)C)cc1. The standard InChI is InChI=1S/C44H36BrF3O4/c1-5-6-22-51-29-17-12-26(13-18-29)43(25-10-15-28(50-4)16-11-25)21-20-32-40-37(30-19-14-27(44(46,47)48)23-34(30)42(40,2)3)33-24-35(45)39-31(8-7-9-36(39)49)38(33)41(32)52-43/h7-21,23-24,49H,5-6,22H2,1-4H3. The Balaban J connectivity index is 1.44. The molecule has 0 saturated carbocycles. The Bertz CT molecular complexity index is 2410. The quantitative estimate of drug-likeness (QED) is 0.130. The van der Waals surface area contributed by atoms with Crippen molar-refractivity contribution in [3.8, 4) is 34.1 Å². The van der Waals surface area contributed by atoms with E-state index in [1.165, 1.54) is 6.07 Å². The Kier molecular flexibility index (Phi) is 8.10. The van der Waals surface area contributed by atoms with Gasteiger partial charge in [0.25, 0.3) is 0 Å². The summed E-state index contributed by atoms with van der Waals surface area (Å²) in [5.74, 6) is 2.14. The predicted octanol–water partition coefficient (Wildman–Crippen LogP) is 12.3. The van der Waals surface area contributed by atoms with E-state index >= 15 is 0 Å². The second-order valence-electron chi connectivity index (χ2n) is 14.0. The number of phenols is 1. The van der Waals surface area contributed by atoms with Crippen LogP contribution in [0.15, 0.2) is 102 Å². The Labute approximate surface area is 308 Å². The molecule has 0 radical (unpaired) electrons. The Morgan fingerprint density at radius 3 is 2.19 bits per heavy atom. The average molecular weight is 766 g/mol. The molecule has 0 aromatic heterocycles. The molecule has 264 valence electrons. The number of hydrogen-bond donors (Lipinski definition) is 1. The first-order valence-corrected chi connectivity index (χ1v) is 18.1. The number of methoxy groups -OCH3 is 1. The second kappa shape index (κ2) is 12.3. The van der Waals surface area contributed by atoms with Crippen molar-refractivity contribution in [1.29, 1.82) is 0 Å². The number of halogens is 4. The highest BCUT2D eigenvalue weighted by molar-refractivity contribution is 9.10. The predicted molar refractivity (Wildman–Crippen MR) is 204 cm³/mol. The monoisotopic (exact) mass is 764 g/mol. The molecule has 6 aromatic carbocycles. The Morgan fingerprint density at radius 1 is 0.846 bits per heavy atom. The van der Waals surface area contributed by atoms with Gasteiger partial charge in [-0.25, -0.2) is 0 Å². The molecule has 0 bridgehead atoms. The Morgan fingerprint density at radius 2 is 1.54 bits per heavy atom. The molecule has 0 spiro atoms. The lowest BCUT2D eigenvalue weighted by atomic mass is 9.76. The highest BCUT2D eigenvalue weighted by atomic mass is 79.9. The molecule has 1 unspecified atom stereocenters. The highest BCUT2D eigenvalue weighted by Crippen LogP contribution is 2.60. The number of aromatic hydroxyl groups is 1. The molecule has 6 aromatic rings. The Hall–Kier alpha value is -4.95. The van der Waals surface area contributed by atoms with E-state index in [-0.39, 0.29) is 5.75 Å². The molecule has 8 rings (SSSR count). The topological polar surface area (TPSA) is 47.9 Å². The van der Waals surface area contributed by atoms with E-state index in [0.717, 1.165) is 74.2 Å². The fourth-order valence-corrected chi connectivity index (χ4v) is 8.65. The summed E-state index contributed by atoms with van der Waals surface area (Å²) in [5.41, 5.74) is 2.96. The van der Waals surface area contributed by atoms with Crippen molar-refractivity contribution in [2.24, 2.45) is 0 Å².